The number of phosphoric acid groups is 2. The van der Waals surface area contributed by atoms with Crippen LogP contribution in [0.4, 0.5) is 0 Å². The van der Waals surface area contributed by atoms with E-state index < -0.39 is 97.5 Å². The summed E-state index contributed by atoms with van der Waals surface area (Å²) in [5, 5.41) is 10.6. The van der Waals surface area contributed by atoms with E-state index in [2.05, 4.69) is 48.5 Å². The summed E-state index contributed by atoms with van der Waals surface area (Å²) in [5.41, 5.74) is 0. The Labute approximate surface area is 613 Å². The van der Waals surface area contributed by atoms with Gasteiger partial charge < -0.3 is 33.8 Å². The van der Waals surface area contributed by atoms with E-state index in [1.807, 2.05) is 0 Å². The minimum Gasteiger partial charge on any atom is -0.462 e. The van der Waals surface area contributed by atoms with Gasteiger partial charge in [-0.2, -0.15) is 0 Å². The van der Waals surface area contributed by atoms with E-state index in [4.69, 9.17) is 37.0 Å². The van der Waals surface area contributed by atoms with Gasteiger partial charge >= 0.3 is 39.5 Å². The number of aliphatic hydroxyl groups excluding tert-OH is 1. The number of hydrogen-bond acceptors (Lipinski definition) is 15. The molecule has 0 radical (unpaired) electrons. The molecule has 5 atom stereocenters. The molecule has 0 saturated carbocycles. The molecule has 0 aromatic rings. The molecule has 0 aromatic heterocycles. The first-order chi connectivity index (χ1) is 48.2. The average molecular weight is 1470 g/mol. The highest BCUT2D eigenvalue weighted by Crippen LogP contribution is 2.45. The average Bonchev–Trinajstić information content (AvgIpc) is 0.926. The molecule has 0 rings (SSSR count). The molecule has 0 aliphatic heterocycles. The van der Waals surface area contributed by atoms with E-state index in [1.165, 1.54) is 225 Å². The van der Waals surface area contributed by atoms with Crippen LogP contribution < -0.4 is 0 Å². The number of carbonyl (C=O) groups is 4. The van der Waals surface area contributed by atoms with Gasteiger partial charge in [-0.3, -0.25) is 37.3 Å². The molecular formula is C81H158O17P2. The fraction of sp³-hybridized carbons (Fsp3) is 0.951. The lowest BCUT2D eigenvalue weighted by Crippen LogP contribution is -2.30. The van der Waals surface area contributed by atoms with Crippen molar-refractivity contribution in [2.75, 3.05) is 39.6 Å². The Bertz CT molecular complexity index is 1940. The lowest BCUT2D eigenvalue weighted by Gasteiger charge is -2.21. The van der Waals surface area contributed by atoms with E-state index in [1.54, 1.807) is 0 Å². The van der Waals surface area contributed by atoms with E-state index in [0.29, 0.717) is 31.6 Å². The summed E-state index contributed by atoms with van der Waals surface area (Å²) in [5.74, 6) is 0.0865. The van der Waals surface area contributed by atoms with Gasteiger partial charge in [-0.1, -0.05) is 370 Å². The third-order valence-corrected chi connectivity index (χ3v) is 20.8. The second kappa shape index (κ2) is 71.3. The van der Waals surface area contributed by atoms with Gasteiger partial charge in [0.1, 0.15) is 19.3 Å². The summed E-state index contributed by atoms with van der Waals surface area (Å²) in [6.07, 6.45) is 60.1. The zero-order valence-corrected chi connectivity index (χ0v) is 67.5. The van der Waals surface area contributed by atoms with Gasteiger partial charge in [-0.25, -0.2) is 9.13 Å². The zero-order valence-electron chi connectivity index (χ0n) is 65.7. The molecule has 0 amide bonds. The van der Waals surface area contributed by atoms with Gasteiger partial charge in [0.05, 0.1) is 26.4 Å². The van der Waals surface area contributed by atoms with Crippen molar-refractivity contribution >= 4 is 39.5 Å². The molecule has 100 heavy (non-hydrogen) atoms. The number of rotatable bonds is 79. The maximum absolute atomic E-state index is 13.1. The van der Waals surface area contributed by atoms with Gasteiger partial charge in [0.25, 0.3) is 0 Å². The molecule has 0 heterocycles. The molecule has 2 unspecified atom stereocenters. The predicted octanol–water partition coefficient (Wildman–Crippen LogP) is 24.1. The van der Waals surface area contributed by atoms with Gasteiger partial charge in [0.2, 0.25) is 0 Å². The number of ether oxygens (including phenoxy) is 4. The first kappa shape index (κ1) is 98.1. The normalized spacial score (nSPS) is 14.0. The number of unbranched alkanes of at least 4 members (excludes halogenated alkanes) is 47. The lowest BCUT2D eigenvalue weighted by atomic mass is 10.0. The third-order valence-electron chi connectivity index (χ3n) is 18.9. The van der Waals surface area contributed by atoms with Crippen LogP contribution in [-0.2, 0) is 65.4 Å². The Morgan fingerprint density at radius 2 is 0.460 bits per heavy atom. The van der Waals surface area contributed by atoms with Crippen LogP contribution in [-0.4, -0.2) is 96.7 Å². The van der Waals surface area contributed by atoms with Crippen molar-refractivity contribution in [3.63, 3.8) is 0 Å². The van der Waals surface area contributed by atoms with E-state index in [9.17, 15) is 43.2 Å². The summed E-state index contributed by atoms with van der Waals surface area (Å²) in [7, 11) is -9.92. The quantitative estimate of drug-likeness (QED) is 0.0222. The fourth-order valence-corrected chi connectivity index (χ4v) is 14.1. The minimum absolute atomic E-state index is 0.103. The van der Waals surface area contributed by atoms with Gasteiger partial charge in [-0.15, -0.1) is 0 Å². The molecule has 19 heteroatoms. The summed E-state index contributed by atoms with van der Waals surface area (Å²) < 4.78 is 68.6. The molecule has 17 nitrogen and oxygen atoms in total. The second-order valence-corrected chi connectivity index (χ2v) is 33.5. The Morgan fingerprint density at radius 3 is 0.680 bits per heavy atom. The van der Waals surface area contributed by atoms with Gasteiger partial charge in [0.15, 0.2) is 12.2 Å². The predicted molar refractivity (Wildman–Crippen MR) is 409 cm³/mol. The maximum atomic E-state index is 13.1. The van der Waals surface area contributed by atoms with E-state index in [-0.39, 0.29) is 25.7 Å². The molecule has 594 valence electrons. The van der Waals surface area contributed by atoms with Crippen molar-refractivity contribution in [2.24, 2.45) is 17.8 Å². The largest absolute Gasteiger partial charge is 0.472 e. The molecule has 0 aromatic carbocycles. The molecule has 0 bridgehead atoms. The lowest BCUT2D eigenvalue weighted by molar-refractivity contribution is -0.161. The van der Waals surface area contributed by atoms with Crippen molar-refractivity contribution in [1.82, 2.24) is 0 Å². The Morgan fingerprint density at radius 1 is 0.270 bits per heavy atom. The highest BCUT2D eigenvalue weighted by atomic mass is 31.2. The van der Waals surface area contributed by atoms with Crippen LogP contribution in [0.2, 0.25) is 0 Å². The summed E-state index contributed by atoms with van der Waals surface area (Å²) >= 11 is 0. The van der Waals surface area contributed by atoms with Crippen molar-refractivity contribution < 1.29 is 80.2 Å². The van der Waals surface area contributed by atoms with Gasteiger partial charge in [-0.05, 0) is 43.4 Å². The molecule has 0 fully saturated rings. The van der Waals surface area contributed by atoms with Crippen molar-refractivity contribution in [1.29, 1.82) is 0 Å². The van der Waals surface area contributed by atoms with Crippen molar-refractivity contribution in [3.05, 3.63) is 0 Å². The molecule has 3 N–H and O–H groups in total. The summed E-state index contributed by atoms with van der Waals surface area (Å²) in [6.45, 7) is 11.8. The van der Waals surface area contributed by atoms with Crippen LogP contribution >= 0.6 is 15.6 Å². The standard InChI is InChI=1S/C81H158O17P2/c1-8-9-10-11-12-13-14-15-16-17-18-19-20-21-22-25-29-32-35-41-50-57-64-80(85)97-76(68-91-78(83)62-55-48-40-34-31-28-26-23-24-27-30-33-38-45-52-59-72(2)3)70-95-99(87,88)93-66-75(82)67-94-100(89,90)96-71-77(69-92-79(84)63-56-49-44-43-47-54-61-74(6)7)98-81(86)65-58-51-42-37-36-39-46-53-60-73(4)5/h72-77,82H,8-71H2,1-7H3,(H,87,88)(H,89,90)/t75-,76-,77-/m1/s1. The number of phosphoric ester groups is 2. The van der Waals surface area contributed by atoms with Crippen molar-refractivity contribution in [2.45, 2.75) is 439 Å². The van der Waals surface area contributed by atoms with Crippen LogP contribution in [0.5, 0.6) is 0 Å². The van der Waals surface area contributed by atoms with Crippen LogP contribution in [0.25, 0.3) is 0 Å². The first-order valence-electron chi connectivity index (χ1n) is 41.8. The molecule has 0 saturated heterocycles. The van der Waals surface area contributed by atoms with Crippen LogP contribution in [0.3, 0.4) is 0 Å². The minimum atomic E-state index is -4.96. The Kier molecular flexibility index (Phi) is 69.9. The number of esters is 4. The zero-order chi connectivity index (χ0) is 73.7. The smallest absolute Gasteiger partial charge is 0.462 e. The summed E-state index contributed by atoms with van der Waals surface area (Å²) in [6, 6.07) is 0. The Hall–Kier alpha value is -1.94. The molecular weight excluding hydrogens is 1310 g/mol. The topological polar surface area (TPSA) is 237 Å². The van der Waals surface area contributed by atoms with Crippen molar-refractivity contribution in [3.8, 4) is 0 Å². The van der Waals surface area contributed by atoms with Crippen LogP contribution in [0, 0.1) is 17.8 Å². The second-order valence-electron chi connectivity index (χ2n) is 30.6. The van der Waals surface area contributed by atoms with E-state index in [0.717, 1.165) is 108 Å². The molecule has 0 spiro atoms. The molecule has 0 aliphatic rings. The number of carbonyl (C=O) groups excluding carboxylic acids is 4. The molecule has 0 aliphatic carbocycles. The SMILES string of the molecule is CCCCCCCCCCCCCCCCCCCCCCCCC(=O)O[C@H](COC(=O)CCCCCCCCCCCCCCCCCC(C)C)COP(=O)(O)OC[C@@H](O)COP(=O)(O)OC[C@@H](COC(=O)CCCCCCCCC(C)C)OC(=O)CCCCCCCCCCC(C)C. The van der Waals surface area contributed by atoms with Gasteiger partial charge in [0, 0.05) is 25.7 Å². The van der Waals surface area contributed by atoms with Crippen LogP contribution in [0.1, 0.15) is 421 Å². The van der Waals surface area contributed by atoms with Crippen LogP contribution in [0.15, 0.2) is 0 Å². The Balaban J connectivity index is 5.18. The third kappa shape index (κ3) is 74.3. The van der Waals surface area contributed by atoms with E-state index >= 15 is 0 Å². The number of aliphatic hydroxyl groups is 1. The first-order valence-corrected chi connectivity index (χ1v) is 44.8. The highest BCUT2D eigenvalue weighted by molar-refractivity contribution is 7.47. The maximum Gasteiger partial charge on any atom is 0.472 e. The highest BCUT2D eigenvalue weighted by Gasteiger charge is 2.30. The fourth-order valence-electron chi connectivity index (χ4n) is 12.5. The number of hydrogen-bond donors (Lipinski definition) is 3. The monoisotopic (exact) mass is 1470 g/mol. The summed E-state index contributed by atoms with van der Waals surface area (Å²) in [4.78, 5) is 72.9.